The van der Waals surface area contributed by atoms with E-state index >= 15 is 0 Å². The van der Waals surface area contributed by atoms with E-state index in [1.54, 1.807) is 6.26 Å². The van der Waals surface area contributed by atoms with Crippen LogP contribution in [0.3, 0.4) is 0 Å². The maximum absolute atomic E-state index is 5.15. The molecule has 0 aliphatic rings. The minimum Gasteiger partial charge on any atom is -0.472 e. The van der Waals surface area contributed by atoms with Gasteiger partial charge in [0.05, 0.1) is 12.5 Å². The van der Waals surface area contributed by atoms with Crippen LogP contribution < -0.4 is 5.32 Å². The van der Waals surface area contributed by atoms with Crippen molar-refractivity contribution in [2.24, 2.45) is 0 Å². The molecular formula is C16H21NOS. The predicted octanol–water partition coefficient (Wildman–Crippen LogP) is 4.28. The third kappa shape index (κ3) is 4.15. The fourth-order valence-corrected chi connectivity index (χ4v) is 2.82. The lowest BCUT2D eigenvalue weighted by atomic mass is 10.0. The Balaban J connectivity index is 2.09. The Labute approximate surface area is 119 Å². The zero-order chi connectivity index (χ0) is 13.5. The van der Waals surface area contributed by atoms with Crippen molar-refractivity contribution in [2.45, 2.75) is 31.2 Å². The van der Waals surface area contributed by atoms with Gasteiger partial charge in [-0.25, -0.2) is 0 Å². The summed E-state index contributed by atoms with van der Waals surface area (Å²) in [7, 11) is 0. The third-order valence-electron chi connectivity index (χ3n) is 3.06. The van der Waals surface area contributed by atoms with Crippen molar-refractivity contribution in [1.82, 2.24) is 5.32 Å². The van der Waals surface area contributed by atoms with Gasteiger partial charge in [0.1, 0.15) is 0 Å². The topological polar surface area (TPSA) is 25.2 Å². The Morgan fingerprint density at radius 1 is 1.16 bits per heavy atom. The van der Waals surface area contributed by atoms with E-state index < -0.39 is 0 Å². The zero-order valence-electron chi connectivity index (χ0n) is 11.6. The lowest BCUT2D eigenvalue weighted by Crippen LogP contribution is -2.22. The fraction of sp³-hybridized carbons (Fsp3) is 0.375. The van der Waals surface area contributed by atoms with Crippen molar-refractivity contribution in [3.8, 4) is 0 Å². The van der Waals surface area contributed by atoms with Gasteiger partial charge in [0.25, 0.3) is 0 Å². The van der Waals surface area contributed by atoms with Gasteiger partial charge in [-0.1, -0.05) is 26.0 Å². The third-order valence-corrected chi connectivity index (χ3v) is 3.96. The molecule has 1 N–H and O–H groups in total. The number of hydrogen-bond donors (Lipinski definition) is 1. The molecule has 0 amide bonds. The molecule has 0 spiro atoms. The zero-order valence-corrected chi connectivity index (χ0v) is 12.4. The molecule has 0 aliphatic heterocycles. The van der Waals surface area contributed by atoms with E-state index in [0.29, 0.717) is 6.04 Å². The standard InChI is InChI=1S/C16H21NOS/c1-3-17-16(11-13-9-10-18-12-13)14-5-7-15(8-6-14)19-4-2/h5-10,12,16-17H,3-4,11H2,1-2H3. The molecule has 3 heteroatoms. The van der Waals surface area contributed by atoms with Gasteiger partial charge in [-0.05, 0) is 48.0 Å². The van der Waals surface area contributed by atoms with Crippen molar-refractivity contribution in [1.29, 1.82) is 0 Å². The molecule has 2 aromatic rings. The van der Waals surface area contributed by atoms with Crippen LogP contribution in [0.5, 0.6) is 0 Å². The molecular weight excluding hydrogens is 254 g/mol. The minimum absolute atomic E-state index is 0.350. The number of nitrogens with one attached hydrogen (secondary N) is 1. The highest BCUT2D eigenvalue weighted by molar-refractivity contribution is 7.99. The molecule has 102 valence electrons. The molecule has 1 atom stereocenters. The van der Waals surface area contributed by atoms with Crippen molar-refractivity contribution < 1.29 is 4.42 Å². The first-order valence-corrected chi connectivity index (χ1v) is 7.79. The monoisotopic (exact) mass is 275 g/mol. The van der Waals surface area contributed by atoms with E-state index in [0.717, 1.165) is 18.7 Å². The molecule has 2 nitrogen and oxygen atoms in total. The van der Waals surface area contributed by atoms with Crippen LogP contribution in [0.1, 0.15) is 31.0 Å². The van der Waals surface area contributed by atoms with Gasteiger partial charge in [0.15, 0.2) is 0 Å². The molecule has 0 radical (unpaired) electrons. The second-order valence-corrected chi connectivity index (χ2v) is 5.79. The highest BCUT2D eigenvalue weighted by Crippen LogP contribution is 2.23. The Bertz CT molecular complexity index is 464. The number of likely N-dealkylation sites (N-methyl/N-ethyl adjacent to an activating group) is 1. The number of hydrogen-bond acceptors (Lipinski definition) is 3. The summed E-state index contributed by atoms with van der Waals surface area (Å²) in [5, 5.41) is 3.54. The molecule has 0 fully saturated rings. The average molecular weight is 275 g/mol. The normalized spacial score (nSPS) is 12.5. The molecule has 2 rings (SSSR count). The molecule has 1 heterocycles. The fourth-order valence-electron chi connectivity index (χ4n) is 2.16. The Morgan fingerprint density at radius 3 is 2.53 bits per heavy atom. The summed E-state index contributed by atoms with van der Waals surface area (Å²) in [5.74, 6) is 1.12. The number of rotatable bonds is 7. The van der Waals surface area contributed by atoms with Gasteiger partial charge in [0.2, 0.25) is 0 Å². The largest absolute Gasteiger partial charge is 0.472 e. The van der Waals surface area contributed by atoms with E-state index in [1.165, 1.54) is 16.0 Å². The van der Waals surface area contributed by atoms with Gasteiger partial charge >= 0.3 is 0 Å². The first-order valence-electron chi connectivity index (χ1n) is 6.80. The summed E-state index contributed by atoms with van der Waals surface area (Å²) in [5.41, 5.74) is 2.57. The van der Waals surface area contributed by atoms with Crippen LogP contribution in [-0.2, 0) is 6.42 Å². The molecule has 0 saturated heterocycles. The van der Waals surface area contributed by atoms with Crippen LogP contribution >= 0.6 is 11.8 Å². The lowest BCUT2D eigenvalue weighted by Gasteiger charge is -2.18. The molecule has 0 saturated carbocycles. The Hall–Kier alpha value is -1.19. The van der Waals surface area contributed by atoms with Crippen LogP contribution in [0.4, 0.5) is 0 Å². The SMILES string of the molecule is CCNC(Cc1ccoc1)c1ccc(SCC)cc1. The van der Waals surface area contributed by atoms with Gasteiger partial charge in [0, 0.05) is 10.9 Å². The first kappa shape index (κ1) is 14.2. The van der Waals surface area contributed by atoms with E-state index in [4.69, 9.17) is 4.42 Å². The Kier molecular flexibility index (Phi) is 5.55. The maximum Gasteiger partial charge on any atom is 0.0935 e. The van der Waals surface area contributed by atoms with Crippen LogP contribution in [0.25, 0.3) is 0 Å². The van der Waals surface area contributed by atoms with Crippen LogP contribution in [0.2, 0.25) is 0 Å². The summed E-state index contributed by atoms with van der Waals surface area (Å²) in [4.78, 5) is 1.34. The predicted molar refractivity (Wildman–Crippen MR) is 81.7 cm³/mol. The molecule has 19 heavy (non-hydrogen) atoms. The van der Waals surface area contributed by atoms with Gasteiger partial charge in [-0.2, -0.15) is 0 Å². The van der Waals surface area contributed by atoms with E-state index in [-0.39, 0.29) is 0 Å². The quantitative estimate of drug-likeness (QED) is 0.763. The van der Waals surface area contributed by atoms with Crippen molar-refractivity contribution in [2.75, 3.05) is 12.3 Å². The Morgan fingerprint density at radius 2 is 1.95 bits per heavy atom. The number of furan rings is 1. The average Bonchev–Trinajstić information content (AvgIpc) is 2.93. The number of thioether (sulfide) groups is 1. The second-order valence-electron chi connectivity index (χ2n) is 4.45. The van der Waals surface area contributed by atoms with Crippen molar-refractivity contribution in [3.05, 3.63) is 54.0 Å². The maximum atomic E-state index is 5.15. The molecule has 0 aliphatic carbocycles. The summed E-state index contributed by atoms with van der Waals surface area (Å²) >= 11 is 1.88. The molecule has 0 bridgehead atoms. The number of benzene rings is 1. The van der Waals surface area contributed by atoms with Crippen LogP contribution in [-0.4, -0.2) is 12.3 Å². The first-order chi connectivity index (χ1) is 9.33. The molecule has 1 unspecified atom stereocenters. The van der Waals surface area contributed by atoms with Crippen LogP contribution in [0.15, 0.2) is 52.2 Å². The van der Waals surface area contributed by atoms with Gasteiger partial charge < -0.3 is 9.73 Å². The highest BCUT2D eigenvalue weighted by Gasteiger charge is 2.11. The van der Waals surface area contributed by atoms with E-state index in [1.807, 2.05) is 24.1 Å². The highest BCUT2D eigenvalue weighted by atomic mass is 32.2. The van der Waals surface area contributed by atoms with Crippen LogP contribution in [0, 0.1) is 0 Å². The summed E-state index contributed by atoms with van der Waals surface area (Å²) < 4.78 is 5.15. The summed E-state index contributed by atoms with van der Waals surface area (Å²) in [6, 6.07) is 11.3. The minimum atomic E-state index is 0.350. The summed E-state index contributed by atoms with van der Waals surface area (Å²) in [6.45, 7) is 5.29. The summed E-state index contributed by atoms with van der Waals surface area (Å²) in [6.07, 6.45) is 4.52. The molecule has 1 aromatic heterocycles. The van der Waals surface area contributed by atoms with Gasteiger partial charge in [-0.15, -0.1) is 11.8 Å². The lowest BCUT2D eigenvalue weighted by molar-refractivity contribution is 0.534. The van der Waals surface area contributed by atoms with Crippen molar-refractivity contribution >= 4 is 11.8 Å². The molecule has 1 aromatic carbocycles. The van der Waals surface area contributed by atoms with Gasteiger partial charge in [-0.3, -0.25) is 0 Å². The van der Waals surface area contributed by atoms with E-state index in [2.05, 4.69) is 43.4 Å². The van der Waals surface area contributed by atoms with Crippen molar-refractivity contribution in [3.63, 3.8) is 0 Å². The smallest absolute Gasteiger partial charge is 0.0935 e. The van der Waals surface area contributed by atoms with E-state index in [9.17, 15) is 0 Å². The second kappa shape index (κ2) is 7.41.